The van der Waals surface area contributed by atoms with Gasteiger partial charge in [0.25, 0.3) is 6.43 Å². The van der Waals surface area contributed by atoms with Gasteiger partial charge in [-0.1, -0.05) is 40.2 Å². The molecule has 0 aliphatic rings. The van der Waals surface area contributed by atoms with Crippen LogP contribution in [-0.4, -0.2) is 5.33 Å². The first kappa shape index (κ1) is 10.6. The maximum Gasteiger partial charge on any atom is 0.264 e. The molecule has 3 heteroatoms. The summed E-state index contributed by atoms with van der Waals surface area (Å²) in [5.41, 5.74) is 0.931. The molecule has 0 heterocycles. The number of benzene rings is 1. The van der Waals surface area contributed by atoms with Crippen molar-refractivity contribution < 1.29 is 8.78 Å². The van der Waals surface area contributed by atoms with Gasteiger partial charge in [0.05, 0.1) is 0 Å². The van der Waals surface area contributed by atoms with E-state index < -0.39 is 6.43 Å². The normalized spacial score (nSPS) is 10.8. The van der Waals surface area contributed by atoms with Gasteiger partial charge in [0, 0.05) is 10.9 Å². The highest BCUT2D eigenvalue weighted by atomic mass is 79.9. The minimum absolute atomic E-state index is 0.170. The van der Waals surface area contributed by atoms with Crippen molar-refractivity contribution >= 4 is 15.9 Å². The zero-order chi connectivity index (χ0) is 9.68. The van der Waals surface area contributed by atoms with E-state index in [1.165, 1.54) is 6.07 Å². The first-order chi connectivity index (χ1) is 6.25. The van der Waals surface area contributed by atoms with Crippen LogP contribution in [-0.2, 0) is 6.42 Å². The summed E-state index contributed by atoms with van der Waals surface area (Å²) in [5.74, 6) is 0. The van der Waals surface area contributed by atoms with E-state index in [-0.39, 0.29) is 5.56 Å². The van der Waals surface area contributed by atoms with Crippen LogP contribution in [0.1, 0.15) is 24.0 Å². The summed E-state index contributed by atoms with van der Waals surface area (Å²) >= 11 is 3.28. The number of rotatable bonds is 4. The van der Waals surface area contributed by atoms with Crippen LogP contribution < -0.4 is 0 Å². The Hall–Kier alpha value is -0.440. The highest BCUT2D eigenvalue weighted by Gasteiger charge is 2.10. The molecule has 0 bridgehead atoms. The molecule has 1 aromatic carbocycles. The lowest BCUT2D eigenvalue weighted by Gasteiger charge is -2.06. The fourth-order valence-corrected chi connectivity index (χ4v) is 1.51. The van der Waals surface area contributed by atoms with Crippen LogP contribution in [0, 0.1) is 0 Å². The summed E-state index contributed by atoms with van der Waals surface area (Å²) in [6, 6.07) is 6.72. The summed E-state index contributed by atoms with van der Waals surface area (Å²) in [4.78, 5) is 0. The van der Waals surface area contributed by atoms with Crippen molar-refractivity contribution in [3.63, 3.8) is 0 Å². The fraction of sp³-hybridized carbons (Fsp3) is 0.400. The van der Waals surface area contributed by atoms with Crippen molar-refractivity contribution in [2.75, 3.05) is 5.33 Å². The van der Waals surface area contributed by atoms with Crippen LogP contribution in [0.2, 0.25) is 0 Å². The van der Waals surface area contributed by atoms with Gasteiger partial charge in [-0.2, -0.15) is 0 Å². The predicted molar refractivity (Wildman–Crippen MR) is 53.5 cm³/mol. The Morgan fingerprint density at radius 2 is 1.92 bits per heavy atom. The molecule has 0 saturated carbocycles. The fourth-order valence-electron chi connectivity index (χ4n) is 1.23. The molecular weight excluding hydrogens is 238 g/mol. The SMILES string of the molecule is FC(F)c1ccccc1CCCBr. The van der Waals surface area contributed by atoms with E-state index in [0.29, 0.717) is 6.42 Å². The second-order valence-corrected chi connectivity index (χ2v) is 3.59. The molecule has 0 unspecified atom stereocenters. The molecule has 1 aromatic rings. The molecule has 0 aliphatic heterocycles. The van der Waals surface area contributed by atoms with Gasteiger partial charge in [-0.15, -0.1) is 0 Å². The molecule has 1 rings (SSSR count). The van der Waals surface area contributed by atoms with Gasteiger partial charge >= 0.3 is 0 Å². The third kappa shape index (κ3) is 3.07. The standard InChI is InChI=1S/C10H11BrF2/c11-7-3-5-8-4-1-2-6-9(8)10(12)13/h1-2,4,6,10H,3,5,7H2. The zero-order valence-electron chi connectivity index (χ0n) is 7.14. The predicted octanol–water partition coefficient (Wildman–Crippen LogP) is 3.95. The van der Waals surface area contributed by atoms with E-state index in [1.807, 2.05) is 0 Å². The maximum atomic E-state index is 12.4. The van der Waals surface area contributed by atoms with Crippen LogP contribution in [0.4, 0.5) is 8.78 Å². The third-order valence-corrected chi connectivity index (χ3v) is 2.43. The highest BCUT2D eigenvalue weighted by molar-refractivity contribution is 9.09. The molecule has 0 aliphatic carbocycles. The molecule has 72 valence electrons. The summed E-state index contributed by atoms with van der Waals surface area (Å²) < 4.78 is 24.9. The number of halogens is 3. The van der Waals surface area contributed by atoms with E-state index in [2.05, 4.69) is 15.9 Å². The van der Waals surface area contributed by atoms with Crippen LogP contribution in [0.5, 0.6) is 0 Å². The first-order valence-electron chi connectivity index (χ1n) is 4.17. The highest BCUT2D eigenvalue weighted by Crippen LogP contribution is 2.23. The number of alkyl halides is 3. The minimum Gasteiger partial charge on any atom is -0.205 e. The number of aryl methyl sites for hydroxylation is 1. The van der Waals surface area contributed by atoms with E-state index >= 15 is 0 Å². The van der Waals surface area contributed by atoms with Crippen molar-refractivity contribution in [3.8, 4) is 0 Å². The molecule has 0 saturated heterocycles. The van der Waals surface area contributed by atoms with Crippen molar-refractivity contribution in [3.05, 3.63) is 35.4 Å². The lowest BCUT2D eigenvalue weighted by atomic mass is 10.0. The van der Waals surface area contributed by atoms with E-state index in [1.54, 1.807) is 18.2 Å². The van der Waals surface area contributed by atoms with Crippen LogP contribution in [0.3, 0.4) is 0 Å². The van der Waals surface area contributed by atoms with Crippen LogP contribution >= 0.6 is 15.9 Å². The molecule has 0 radical (unpaired) electrons. The van der Waals surface area contributed by atoms with Crippen molar-refractivity contribution in [1.29, 1.82) is 0 Å². The Morgan fingerprint density at radius 3 is 2.54 bits per heavy atom. The topological polar surface area (TPSA) is 0 Å². The molecule has 0 spiro atoms. The smallest absolute Gasteiger partial charge is 0.205 e. The average molecular weight is 249 g/mol. The second-order valence-electron chi connectivity index (χ2n) is 2.79. The third-order valence-electron chi connectivity index (χ3n) is 1.87. The van der Waals surface area contributed by atoms with Crippen LogP contribution in [0.25, 0.3) is 0 Å². The lowest BCUT2D eigenvalue weighted by molar-refractivity contribution is 0.150. The summed E-state index contributed by atoms with van der Waals surface area (Å²) in [6.45, 7) is 0. The first-order valence-corrected chi connectivity index (χ1v) is 5.29. The summed E-state index contributed by atoms with van der Waals surface area (Å²) in [7, 11) is 0. The Bertz CT molecular complexity index is 261. The largest absolute Gasteiger partial charge is 0.264 e. The number of hydrogen-bond acceptors (Lipinski definition) is 0. The Balaban J connectivity index is 2.78. The Morgan fingerprint density at radius 1 is 1.23 bits per heavy atom. The van der Waals surface area contributed by atoms with Gasteiger partial charge in [-0.25, -0.2) is 8.78 Å². The van der Waals surface area contributed by atoms with E-state index in [9.17, 15) is 8.78 Å². The maximum absolute atomic E-state index is 12.4. The van der Waals surface area contributed by atoms with Crippen molar-refractivity contribution in [2.24, 2.45) is 0 Å². The molecule has 0 amide bonds. The van der Waals surface area contributed by atoms with Gasteiger partial charge < -0.3 is 0 Å². The molecule has 0 N–H and O–H groups in total. The van der Waals surface area contributed by atoms with E-state index in [4.69, 9.17) is 0 Å². The second kappa shape index (κ2) is 5.32. The number of hydrogen-bond donors (Lipinski definition) is 0. The quantitative estimate of drug-likeness (QED) is 0.708. The Kier molecular flexibility index (Phi) is 4.36. The van der Waals surface area contributed by atoms with Gasteiger partial charge in [0.1, 0.15) is 0 Å². The Labute approximate surface area is 85.1 Å². The molecule has 0 atom stereocenters. The summed E-state index contributed by atoms with van der Waals surface area (Å²) in [5, 5.41) is 0.852. The van der Waals surface area contributed by atoms with Crippen molar-refractivity contribution in [1.82, 2.24) is 0 Å². The van der Waals surface area contributed by atoms with Gasteiger partial charge in [-0.05, 0) is 18.4 Å². The molecule has 0 nitrogen and oxygen atoms in total. The van der Waals surface area contributed by atoms with Crippen LogP contribution in [0.15, 0.2) is 24.3 Å². The monoisotopic (exact) mass is 248 g/mol. The molecule has 0 fully saturated rings. The molecule has 13 heavy (non-hydrogen) atoms. The van der Waals surface area contributed by atoms with Crippen molar-refractivity contribution in [2.45, 2.75) is 19.3 Å². The average Bonchev–Trinajstić information content (AvgIpc) is 2.15. The molecular formula is C10H11BrF2. The van der Waals surface area contributed by atoms with Gasteiger partial charge in [-0.3, -0.25) is 0 Å². The van der Waals surface area contributed by atoms with Gasteiger partial charge in [0.15, 0.2) is 0 Å². The minimum atomic E-state index is -2.36. The zero-order valence-corrected chi connectivity index (χ0v) is 8.73. The lowest BCUT2D eigenvalue weighted by Crippen LogP contribution is -1.94. The summed E-state index contributed by atoms with van der Waals surface area (Å²) in [6.07, 6.45) is -0.748. The van der Waals surface area contributed by atoms with Gasteiger partial charge in [0.2, 0.25) is 0 Å². The molecule has 0 aromatic heterocycles. The van der Waals surface area contributed by atoms with E-state index in [0.717, 1.165) is 17.3 Å².